The maximum Gasteiger partial charge on any atom is 0.411 e. The van der Waals surface area contributed by atoms with Gasteiger partial charge >= 0.3 is 6.09 Å². The number of carbonyl (C=O) groups is 3. The summed E-state index contributed by atoms with van der Waals surface area (Å²) in [6.45, 7) is 6.51. The Labute approximate surface area is 236 Å². The van der Waals surface area contributed by atoms with Crippen LogP contribution in [0.25, 0.3) is 5.57 Å². The number of aryl methyl sites for hydroxylation is 1. The number of carbonyl (C=O) groups excluding carboxylic acids is 3. The SMILES string of the molecule is C[C@H](NC(=O)C1C=C(c2ccc(F)cc2C(F)F)CCN1C(=O)OC(C)(C)C)C(=O)N[C@@H]1CCc2nc(N)ccc21. The molecule has 0 fully saturated rings. The van der Waals surface area contributed by atoms with Gasteiger partial charge in [0.25, 0.3) is 6.43 Å². The Morgan fingerprint density at radius 2 is 1.88 bits per heavy atom. The summed E-state index contributed by atoms with van der Waals surface area (Å²) in [6.07, 6.45) is -0.929. The van der Waals surface area contributed by atoms with Gasteiger partial charge in [-0.15, -0.1) is 0 Å². The normalized spacial score (nSPS) is 19.3. The summed E-state index contributed by atoms with van der Waals surface area (Å²) >= 11 is 0. The van der Waals surface area contributed by atoms with Crippen LogP contribution in [-0.4, -0.2) is 52.0 Å². The molecule has 1 aromatic carbocycles. The zero-order chi connectivity index (χ0) is 30.1. The number of ether oxygens (including phenoxy) is 1. The van der Waals surface area contributed by atoms with E-state index in [0.717, 1.165) is 23.4 Å². The van der Waals surface area contributed by atoms with E-state index in [-0.39, 0.29) is 24.6 Å². The molecule has 3 atom stereocenters. The number of amides is 3. The average molecular weight is 574 g/mol. The van der Waals surface area contributed by atoms with E-state index in [1.165, 1.54) is 24.0 Å². The second-order valence-corrected chi connectivity index (χ2v) is 11.2. The molecule has 3 amide bonds. The largest absolute Gasteiger partial charge is 0.444 e. The van der Waals surface area contributed by atoms with Gasteiger partial charge in [-0.05, 0) is 87.9 Å². The number of nitrogens with two attached hydrogens (primary N) is 1. The number of rotatable bonds is 6. The van der Waals surface area contributed by atoms with Crippen LogP contribution in [0.2, 0.25) is 0 Å². The molecule has 220 valence electrons. The third-order valence-electron chi connectivity index (χ3n) is 6.95. The standard InChI is InChI=1S/C29H34F3N5O4/c1-15(26(38)36-22-9-8-21-19(22)7-10-24(33)35-21)34-27(39)23-13-16(11-12-37(23)28(40)41-29(2,3)4)18-6-5-17(30)14-20(18)25(31)32/h5-7,10,13-15,22-23,25H,8-9,11-12H2,1-4H3,(H2,33,35)(H,34,39)(H,36,38)/t15-,22+,23?/m0/s1. The lowest BCUT2D eigenvalue weighted by atomic mass is 9.92. The Balaban J connectivity index is 1.56. The molecule has 0 spiro atoms. The number of fused-ring (bicyclic) bond motifs is 1. The zero-order valence-corrected chi connectivity index (χ0v) is 23.3. The average Bonchev–Trinajstić information content (AvgIpc) is 3.28. The van der Waals surface area contributed by atoms with Gasteiger partial charge in [0, 0.05) is 17.8 Å². The monoisotopic (exact) mass is 573 g/mol. The van der Waals surface area contributed by atoms with Crippen LogP contribution in [0.5, 0.6) is 0 Å². The van der Waals surface area contributed by atoms with Gasteiger partial charge in [0.05, 0.1) is 6.04 Å². The van der Waals surface area contributed by atoms with Gasteiger partial charge in [-0.25, -0.2) is 22.9 Å². The van der Waals surface area contributed by atoms with Gasteiger partial charge in [-0.2, -0.15) is 0 Å². The highest BCUT2D eigenvalue weighted by molar-refractivity contribution is 5.94. The lowest BCUT2D eigenvalue weighted by Crippen LogP contribution is -2.55. The number of nitrogens with zero attached hydrogens (tertiary/aromatic N) is 2. The molecule has 0 saturated carbocycles. The predicted octanol–water partition coefficient (Wildman–Crippen LogP) is 4.44. The van der Waals surface area contributed by atoms with Crippen LogP contribution in [-0.2, 0) is 20.7 Å². The van der Waals surface area contributed by atoms with E-state index < -0.39 is 53.4 Å². The molecule has 12 heteroatoms. The van der Waals surface area contributed by atoms with E-state index in [0.29, 0.717) is 24.2 Å². The van der Waals surface area contributed by atoms with E-state index in [4.69, 9.17) is 10.5 Å². The second kappa shape index (κ2) is 11.8. The minimum absolute atomic E-state index is 0.0194. The number of alkyl halides is 2. The summed E-state index contributed by atoms with van der Waals surface area (Å²) in [5.74, 6) is -1.56. The molecule has 2 aromatic rings. The Hall–Kier alpha value is -4.09. The summed E-state index contributed by atoms with van der Waals surface area (Å²) in [5, 5.41) is 5.55. The fourth-order valence-corrected chi connectivity index (χ4v) is 5.01. The lowest BCUT2D eigenvalue weighted by Gasteiger charge is -2.35. The van der Waals surface area contributed by atoms with Crippen LogP contribution in [0.4, 0.5) is 23.8 Å². The van der Waals surface area contributed by atoms with Crippen molar-refractivity contribution in [1.82, 2.24) is 20.5 Å². The van der Waals surface area contributed by atoms with Crippen LogP contribution in [0, 0.1) is 5.82 Å². The van der Waals surface area contributed by atoms with Crippen LogP contribution in [0.1, 0.15) is 75.4 Å². The zero-order valence-electron chi connectivity index (χ0n) is 23.3. The molecule has 2 aliphatic rings. The first kappa shape index (κ1) is 29.9. The third-order valence-corrected chi connectivity index (χ3v) is 6.95. The smallest absolute Gasteiger partial charge is 0.411 e. The number of nitrogens with one attached hydrogen (secondary N) is 2. The van der Waals surface area contributed by atoms with Crippen molar-refractivity contribution in [2.24, 2.45) is 0 Å². The Bertz CT molecular complexity index is 1370. The van der Waals surface area contributed by atoms with Gasteiger partial charge in [0.2, 0.25) is 11.8 Å². The van der Waals surface area contributed by atoms with Crippen molar-refractivity contribution in [2.45, 2.75) is 77.1 Å². The number of pyridine rings is 1. The third kappa shape index (κ3) is 6.98. The van der Waals surface area contributed by atoms with Crippen LogP contribution in [0.3, 0.4) is 0 Å². The molecule has 1 aromatic heterocycles. The maximum absolute atomic E-state index is 13.7. The van der Waals surface area contributed by atoms with Crippen molar-refractivity contribution in [3.63, 3.8) is 0 Å². The molecule has 1 aliphatic carbocycles. The summed E-state index contributed by atoms with van der Waals surface area (Å²) < 4.78 is 46.7. The predicted molar refractivity (Wildman–Crippen MR) is 146 cm³/mol. The van der Waals surface area contributed by atoms with Gasteiger partial charge in [0.15, 0.2) is 0 Å². The summed E-state index contributed by atoms with van der Waals surface area (Å²) in [5.41, 5.74) is 6.49. The molecule has 4 N–H and O–H groups in total. The molecule has 2 heterocycles. The molecule has 0 saturated heterocycles. The topological polar surface area (TPSA) is 127 Å². The van der Waals surface area contributed by atoms with Crippen molar-refractivity contribution < 1.29 is 32.3 Å². The van der Waals surface area contributed by atoms with E-state index >= 15 is 0 Å². The second-order valence-electron chi connectivity index (χ2n) is 11.2. The van der Waals surface area contributed by atoms with Crippen molar-refractivity contribution >= 4 is 29.3 Å². The minimum atomic E-state index is -2.95. The van der Waals surface area contributed by atoms with Crippen LogP contribution < -0.4 is 16.4 Å². The quantitative estimate of drug-likeness (QED) is 0.469. The van der Waals surface area contributed by atoms with Gasteiger partial charge in [0.1, 0.15) is 29.3 Å². The molecule has 4 rings (SSSR count). The number of benzene rings is 1. The van der Waals surface area contributed by atoms with Crippen molar-refractivity contribution in [1.29, 1.82) is 0 Å². The minimum Gasteiger partial charge on any atom is -0.444 e. The van der Waals surface area contributed by atoms with Gasteiger partial charge in [-0.3, -0.25) is 14.5 Å². The molecule has 0 radical (unpaired) electrons. The van der Waals surface area contributed by atoms with Crippen molar-refractivity contribution in [3.05, 3.63) is 64.6 Å². The summed E-state index contributed by atoms with van der Waals surface area (Å²) in [6, 6.07) is 3.98. The molecule has 1 aliphatic heterocycles. The number of hydrogen-bond acceptors (Lipinski definition) is 6. The van der Waals surface area contributed by atoms with E-state index in [1.807, 2.05) is 6.07 Å². The van der Waals surface area contributed by atoms with Crippen LogP contribution >= 0.6 is 0 Å². The first-order chi connectivity index (χ1) is 19.2. The number of hydrogen-bond donors (Lipinski definition) is 3. The van der Waals surface area contributed by atoms with E-state index in [2.05, 4.69) is 15.6 Å². The fraction of sp³-hybridized carbons (Fsp3) is 0.448. The highest BCUT2D eigenvalue weighted by atomic mass is 19.3. The molecular formula is C29H34F3N5O4. The van der Waals surface area contributed by atoms with E-state index in [9.17, 15) is 27.6 Å². The molecule has 0 bridgehead atoms. The number of nitrogen functional groups attached to an aromatic ring is 1. The highest BCUT2D eigenvalue weighted by Crippen LogP contribution is 2.34. The number of aromatic nitrogens is 1. The highest BCUT2D eigenvalue weighted by Gasteiger charge is 2.37. The Morgan fingerprint density at radius 3 is 2.56 bits per heavy atom. The molecule has 9 nitrogen and oxygen atoms in total. The Kier molecular flexibility index (Phi) is 8.60. The van der Waals surface area contributed by atoms with Gasteiger partial charge in [-0.1, -0.05) is 12.1 Å². The van der Waals surface area contributed by atoms with Crippen LogP contribution in [0.15, 0.2) is 36.4 Å². The first-order valence-electron chi connectivity index (χ1n) is 13.4. The Morgan fingerprint density at radius 1 is 1.15 bits per heavy atom. The molecule has 41 heavy (non-hydrogen) atoms. The number of halogens is 3. The van der Waals surface area contributed by atoms with Crippen molar-refractivity contribution in [3.8, 4) is 0 Å². The maximum atomic E-state index is 13.7. The number of anilines is 1. The fourth-order valence-electron chi connectivity index (χ4n) is 5.01. The summed E-state index contributed by atoms with van der Waals surface area (Å²) in [4.78, 5) is 45.0. The first-order valence-corrected chi connectivity index (χ1v) is 13.4. The molecule has 1 unspecified atom stereocenters. The lowest BCUT2D eigenvalue weighted by molar-refractivity contribution is -0.131. The van der Waals surface area contributed by atoms with E-state index in [1.54, 1.807) is 26.8 Å². The van der Waals surface area contributed by atoms with Gasteiger partial charge < -0.3 is 21.1 Å². The van der Waals surface area contributed by atoms with Crippen molar-refractivity contribution in [2.75, 3.05) is 12.3 Å². The molecular weight excluding hydrogens is 539 g/mol. The summed E-state index contributed by atoms with van der Waals surface area (Å²) in [7, 11) is 0.